The molecule has 1 atom stereocenters. The maximum Gasteiger partial charge on any atom is 0.307 e. The normalized spacial score (nSPS) is 15.6. The quantitative estimate of drug-likeness (QED) is 0.110. The van der Waals surface area contributed by atoms with Crippen molar-refractivity contribution in [1.82, 2.24) is 5.23 Å². The minimum atomic E-state index is -2.21. The van der Waals surface area contributed by atoms with Crippen LogP contribution in [0.2, 0.25) is 54.4 Å². The number of carbonyl (C=O) groups is 1. The van der Waals surface area contributed by atoms with Crippen LogP contribution < -0.4 is 0 Å². The Bertz CT molecular complexity index is 618. The molecule has 0 heterocycles. The van der Waals surface area contributed by atoms with Crippen LogP contribution in [-0.2, 0) is 23.0 Å². The number of nitrogens with zero attached hydrogens (tertiary/aromatic N) is 1. The lowest BCUT2D eigenvalue weighted by atomic mass is 10.1. The highest BCUT2D eigenvalue weighted by Gasteiger charge is 2.46. The maximum atomic E-state index is 12.4. The molecule has 0 aliphatic heterocycles. The summed E-state index contributed by atoms with van der Waals surface area (Å²) in [6, 6.07) is -0.237. The third-order valence-electron chi connectivity index (χ3n) is 8.13. The van der Waals surface area contributed by atoms with E-state index in [0.717, 1.165) is 12.8 Å². The predicted molar refractivity (Wildman–Crippen MR) is 151 cm³/mol. The molecule has 0 aromatic rings. The maximum absolute atomic E-state index is 12.4. The van der Waals surface area contributed by atoms with Crippen LogP contribution in [0, 0.1) is 0 Å². The van der Waals surface area contributed by atoms with Crippen molar-refractivity contribution in [3.05, 3.63) is 0 Å². The summed E-state index contributed by atoms with van der Waals surface area (Å²) in [7, 11) is -4.80. The van der Waals surface area contributed by atoms with Gasteiger partial charge < -0.3 is 18.2 Å². The van der Waals surface area contributed by atoms with E-state index in [-0.39, 0.29) is 33.5 Å². The highest BCUT2D eigenvalue weighted by Crippen LogP contribution is 2.42. The Morgan fingerprint density at radius 2 is 1.12 bits per heavy atom. The third-order valence-corrected chi connectivity index (χ3v) is 21.2. The van der Waals surface area contributed by atoms with Crippen molar-refractivity contribution >= 4 is 30.9 Å². The van der Waals surface area contributed by atoms with E-state index < -0.39 is 25.0 Å². The van der Waals surface area contributed by atoms with Crippen molar-refractivity contribution in [1.29, 1.82) is 0 Å². The van der Waals surface area contributed by atoms with E-state index >= 15 is 0 Å². The van der Waals surface area contributed by atoms with Crippen LogP contribution in [0.25, 0.3) is 0 Å². The van der Waals surface area contributed by atoms with Crippen molar-refractivity contribution < 1.29 is 23.0 Å². The molecule has 0 fully saturated rings. The van der Waals surface area contributed by atoms with Crippen LogP contribution in [-0.4, -0.2) is 55.9 Å². The van der Waals surface area contributed by atoms with Crippen molar-refractivity contribution in [2.45, 2.75) is 142 Å². The van der Waals surface area contributed by atoms with Gasteiger partial charge in [0.1, 0.15) is 0 Å². The zero-order chi connectivity index (χ0) is 27.4. The van der Waals surface area contributed by atoms with Gasteiger partial charge in [0.05, 0.1) is 19.6 Å². The molecule has 0 radical (unpaired) electrons. The average molecular weight is 536 g/mol. The summed E-state index contributed by atoms with van der Waals surface area (Å²) < 4.78 is 24.9. The Morgan fingerprint density at radius 3 is 1.44 bits per heavy atom. The molecule has 0 N–H and O–H groups in total. The second kappa shape index (κ2) is 12.0. The molecule has 0 aromatic carbocycles. The van der Waals surface area contributed by atoms with Gasteiger partial charge in [-0.1, -0.05) is 67.5 Å². The Balaban J connectivity index is 5.90. The molecule has 0 bridgehead atoms. The van der Waals surface area contributed by atoms with Crippen molar-refractivity contribution in [2.75, 3.05) is 13.7 Å². The Kier molecular flexibility index (Phi) is 12.0. The summed E-state index contributed by atoms with van der Waals surface area (Å²) in [4.78, 5) is 12.4. The first-order valence-corrected chi connectivity index (χ1v) is 21.5. The highest BCUT2D eigenvalue weighted by molar-refractivity contribution is 6.75. The molecule has 0 aliphatic carbocycles. The summed E-state index contributed by atoms with van der Waals surface area (Å²) in [6.07, 6.45) is 1.78. The molecule has 0 unspecified atom stereocenters. The molecule has 0 saturated carbocycles. The van der Waals surface area contributed by atoms with Gasteiger partial charge in [-0.05, 0) is 67.2 Å². The first kappa shape index (κ1) is 34.0. The van der Waals surface area contributed by atoms with E-state index in [9.17, 15) is 4.79 Å². The molecule has 204 valence electrons. The fourth-order valence-corrected chi connectivity index (χ4v) is 5.29. The van der Waals surface area contributed by atoms with E-state index in [2.05, 4.69) is 102 Å². The Hall–Kier alpha value is -0.0394. The molecule has 0 rings (SSSR count). The molecular weight excluding hydrogens is 479 g/mol. The number of esters is 1. The largest absolute Gasteiger partial charge is 0.469 e. The number of rotatable bonds is 12. The smallest absolute Gasteiger partial charge is 0.307 e. The van der Waals surface area contributed by atoms with Gasteiger partial charge in [-0.15, -0.1) is 0 Å². The molecule has 9 heteroatoms. The summed E-state index contributed by atoms with van der Waals surface area (Å²) in [5.41, 5.74) is 0. The lowest BCUT2D eigenvalue weighted by Crippen LogP contribution is -2.55. The van der Waals surface area contributed by atoms with Crippen molar-refractivity contribution in [2.24, 2.45) is 0 Å². The number of hydrogen-bond donors (Lipinski definition) is 0. The lowest BCUT2D eigenvalue weighted by Gasteiger charge is -2.46. The molecule has 0 saturated heterocycles. The lowest BCUT2D eigenvalue weighted by molar-refractivity contribution is -0.303. The zero-order valence-corrected chi connectivity index (χ0v) is 28.4. The van der Waals surface area contributed by atoms with E-state index in [1.807, 2.05) is 0 Å². The second-order valence-corrected chi connectivity index (χ2v) is 28.4. The number of methoxy groups -OCH3 is 1. The van der Waals surface area contributed by atoms with Crippen LogP contribution in [0.3, 0.4) is 0 Å². The Morgan fingerprint density at radius 1 is 0.735 bits per heavy atom. The molecule has 0 aromatic heterocycles. The molecule has 34 heavy (non-hydrogen) atoms. The highest BCUT2D eigenvalue weighted by atomic mass is 28.4. The third kappa shape index (κ3) is 10.1. The molecule has 0 aliphatic rings. The number of hydroxylamine groups is 2. The number of hydrogen-bond acceptors (Lipinski definition) is 6. The molecule has 0 spiro atoms. The average Bonchev–Trinajstić information content (AvgIpc) is 2.60. The minimum absolute atomic E-state index is 0.00327. The standard InChI is InChI=1S/C25H57NO5Si3/c1-23(2,3)32(11,12)29-19-17-18-21(20-22(27)28-10)26(30-33(13,14)24(4,5)6)31-34(15,16)25(7,8)9/h21H,17-20H2,1-16H3/t21-/m1/s1. The van der Waals surface area contributed by atoms with Gasteiger partial charge in [0.2, 0.25) is 16.6 Å². The van der Waals surface area contributed by atoms with Gasteiger partial charge in [0, 0.05) is 6.61 Å². The summed E-state index contributed by atoms with van der Waals surface area (Å²) in [6.45, 7) is 34.1. The topological polar surface area (TPSA) is 57.2 Å². The van der Waals surface area contributed by atoms with E-state index in [1.165, 1.54) is 7.11 Å². The first-order chi connectivity index (χ1) is 14.9. The fourth-order valence-electron chi connectivity index (χ4n) is 2.31. The van der Waals surface area contributed by atoms with Gasteiger partial charge in [-0.3, -0.25) is 4.79 Å². The fraction of sp³-hybridized carbons (Fsp3) is 0.960. The van der Waals surface area contributed by atoms with E-state index in [4.69, 9.17) is 18.2 Å². The first-order valence-electron chi connectivity index (χ1n) is 12.8. The monoisotopic (exact) mass is 535 g/mol. The summed E-state index contributed by atoms with van der Waals surface area (Å²) in [5, 5.41) is 1.89. The molecule has 6 nitrogen and oxygen atoms in total. The SMILES string of the molecule is COC(=O)C[C@@H](CCCO[Si](C)(C)C(C)(C)C)N(O[Si](C)(C)C(C)(C)C)O[Si](C)(C)C(C)(C)C. The molecular formula is C25H57NO5Si3. The van der Waals surface area contributed by atoms with Crippen LogP contribution in [0.1, 0.15) is 81.6 Å². The van der Waals surface area contributed by atoms with Gasteiger partial charge in [0.15, 0.2) is 8.32 Å². The van der Waals surface area contributed by atoms with E-state index in [0.29, 0.717) is 6.61 Å². The van der Waals surface area contributed by atoms with Gasteiger partial charge in [0.25, 0.3) is 0 Å². The summed E-state index contributed by atoms with van der Waals surface area (Å²) >= 11 is 0. The minimum Gasteiger partial charge on any atom is -0.469 e. The molecule has 0 amide bonds. The van der Waals surface area contributed by atoms with Crippen LogP contribution in [0.5, 0.6) is 0 Å². The predicted octanol–water partition coefficient (Wildman–Crippen LogP) is 7.90. The van der Waals surface area contributed by atoms with Gasteiger partial charge in [-0.25, -0.2) is 0 Å². The van der Waals surface area contributed by atoms with Crippen molar-refractivity contribution in [3.63, 3.8) is 0 Å². The Labute approximate surface area is 214 Å². The second-order valence-electron chi connectivity index (χ2n) is 14.2. The van der Waals surface area contributed by atoms with E-state index in [1.54, 1.807) is 5.23 Å². The van der Waals surface area contributed by atoms with Gasteiger partial charge in [-0.2, -0.15) is 0 Å². The van der Waals surface area contributed by atoms with Crippen LogP contribution in [0.4, 0.5) is 0 Å². The van der Waals surface area contributed by atoms with Crippen molar-refractivity contribution in [3.8, 4) is 0 Å². The van der Waals surface area contributed by atoms with Gasteiger partial charge >= 0.3 is 5.97 Å². The van der Waals surface area contributed by atoms with Crippen LogP contribution in [0.15, 0.2) is 0 Å². The zero-order valence-electron chi connectivity index (χ0n) is 25.4. The number of ether oxygens (including phenoxy) is 1. The van der Waals surface area contributed by atoms with Crippen LogP contribution >= 0.6 is 0 Å². The summed E-state index contributed by atoms with van der Waals surface area (Å²) in [5.74, 6) is -0.252. The number of carbonyl (C=O) groups excluding carboxylic acids is 1.